The van der Waals surface area contributed by atoms with Gasteiger partial charge in [-0.05, 0) is 44.0 Å². The van der Waals surface area contributed by atoms with Crippen molar-refractivity contribution in [1.29, 1.82) is 0 Å². The van der Waals surface area contributed by atoms with Crippen molar-refractivity contribution in [3.8, 4) is 0 Å². The summed E-state index contributed by atoms with van der Waals surface area (Å²) in [6.07, 6.45) is 0. The second kappa shape index (κ2) is 7.91. The van der Waals surface area contributed by atoms with Crippen molar-refractivity contribution in [2.75, 3.05) is 0 Å². The number of carbonyl (C=O) groups excluding carboxylic acids is 1. The number of ketones is 1. The molecule has 0 saturated carbocycles. The SMILES string of the molecule is CC(=O)c1ccc(C)cc1[N+](=O)[O-].Cc1ccc(F)c([N+](=O)[O-])c1. The van der Waals surface area contributed by atoms with Crippen molar-refractivity contribution in [3.63, 3.8) is 0 Å². The molecule has 0 N–H and O–H groups in total. The Morgan fingerprint density at radius 3 is 1.79 bits per heavy atom. The third-order valence-electron chi connectivity index (χ3n) is 3.03. The van der Waals surface area contributed by atoms with E-state index in [1.54, 1.807) is 19.9 Å². The van der Waals surface area contributed by atoms with Gasteiger partial charge in [-0.25, -0.2) is 0 Å². The number of hydrogen-bond acceptors (Lipinski definition) is 5. The molecule has 0 atom stereocenters. The third-order valence-corrected chi connectivity index (χ3v) is 3.03. The maximum atomic E-state index is 12.6. The molecule has 24 heavy (non-hydrogen) atoms. The van der Waals surface area contributed by atoms with E-state index in [4.69, 9.17) is 0 Å². The van der Waals surface area contributed by atoms with Gasteiger partial charge >= 0.3 is 5.69 Å². The van der Waals surface area contributed by atoms with Gasteiger partial charge in [0.2, 0.25) is 5.82 Å². The fourth-order valence-electron chi connectivity index (χ4n) is 1.85. The summed E-state index contributed by atoms with van der Waals surface area (Å²) in [6, 6.07) is 8.35. The molecule has 126 valence electrons. The third kappa shape index (κ3) is 4.94. The Balaban J connectivity index is 0.000000243. The summed E-state index contributed by atoms with van der Waals surface area (Å²) in [5.41, 5.74) is 1.03. The molecule has 0 spiro atoms. The van der Waals surface area contributed by atoms with E-state index in [1.807, 2.05) is 0 Å². The summed E-state index contributed by atoms with van der Waals surface area (Å²) < 4.78 is 12.6. The summed E-state index contributed by atoms with van der Waals surface area (Å²) in [5, 5.41) is 20.7. The van der Waals surface area contributed by atoms with Gasteiger partial charge in [-0.3, -0.25) is 25.0 Å². The molecule has 8 heteroatoms. The van der Waals surface area contributed by atoms with Crippen LogP contribution in [0.2, 0.25) is 0 Å². The van der Waals surface area contributed by atoms with Crippen LogP contribution < -0.4 is 0 Å². The highest BCUT2D eigenvalue weighted by molar-refractivity contribution is 5.98. The predicted molar refractivity (Wildman–Crippen MR) is 85.6 cm³/mol. The number of carbonyl (C=O) groups is 1. The Hall–Kier alpha value is -3.16. The molecule has 7 nitrogen and oxygen atoms in total. The first-order valence-electron chi connectivity index (χ1n) is 6.80. The van der Waals surface area contributed by atoms with Crippen LogP contribution in [0.15, 0.2) is 36.4 Å². The molecular weight excluding hydrogens is 319 g/mol. The molecule has 0 saturated heterocycles. The molecular formula is C16H15FN2O5. The highest BCUT2D eigenvalue weighted by Gasteiger charge is 2.16. The molecule has 0 aliphatic heterocycles. The summed E-state index contributed by atoms with van der Waals surface area (Å²) in [5.74, 6) is -1.08. The monoisotopic (exact) mass is 334 g/mol. The molecule has 0 aliphatic rings. The molecule has 2 rings (SSSR count). The second-order valence-electron chi connectivity index (χ2n) is 5.05. The predicted octanol–water partition coefficient (Wildman–Crippen LogP) is 4.15. The summed E-state index contributed by atoms with van der Waals surface area (Å²) >= 11 is 0. The van der Waals surface area contributed by atoms with Gasteiger partial charge in [0.05, 0.1) is 15.4 Å². The lowest BCUT2D eigenvalue weighted by molar-refractivity contribution is -0.387. The number of aryl methyl sites for hydroxylation is 2. The smallest absolute Gasteiger partial charge is 0.294 e. The lowest BCUT2D eigenvalue weighted by Crippen LogP contribution is -2.00. The quantitative estimate of drug-likeness (QED) is 0.476. The van der Waals surface area contributed by atoms with Gasteiger partial charge in [0, 0.05) is 12.1 Å². The van der Waals surface area contributed by atoms with E-state index in [0.29, 0.717) is 5.56 Å². The van der Waals surface area contributed by atoms with Crippen molar-refractivity contribution < 1.29 is 19.0 Å². The van der Waals surface area contributed by atoms with Crippen LogP contribution in [0.5, 0.6) is 0 Å². The maximum Gasteiger partial charge on any atom is 0.305 e. The molecule has 0 heterocycles. The lowest BCUT2D eigenvalue weighted by Gasteiger charge is -1.99. The number of halogens is 1. The average molecular weight is 334 g/mol. The number of rotatable bonds is 3. The number of hydrogen-bond donors (Lipinski definition) is 0. The molecule has 2 aromatic rings. The minimum absolute atomic E-state index is 0.118. The Morgan fingerprint density at radius 1 is 0.917 bits per heavy atom. The number of nitro groups is 2. The van der Waals surface area contributed by atoms with E-state index in [-0.39, 0.29) is 17.0 Å². The summed E-state index contributed by atoms with van der Waals surface area (Å²) in [6.45, 7) is 4.74. The zero-order valence-electron chi connectivity index (χ0n) is 13.3. The van der Waals surface area contributed by atoms with Crippen molar-refractivity contribution in [1.82, 2.24) is 0 Å². The van der Waals surface area contributed by atoms with Crippen LogP contribution in [-0.2, 0) is 0 Å². The number of Topliss-reactive ketones (excluding diaryl/α,β-unsaturated/α-hetero) is 1. The molecule has 0 amide bonds. The van der Waals surface area contributed by atoms with Gasteiger partial charge < -0.3 is 0 Å². The Morgan fingerprint density at radius 2 is 1.38 bits per heavy atom. The largest absolute Gasteiger partial charge is 0.305 e. The van der Waals surface area contributed by atoms with E-state index in [0.717, 1.165) is 11.6 Å². The Labute approximate surface area is 137 Å². The topological polar surface area (TPSA) is 103 Å². The number of benzene rings is 2. The van der Waals surface area contributed by atoms with Crippen molar-refractivity contribution in [2.24, 2.45) is 0 Å². The normalized spacial score (nSPS) is 9.67. The molecule has 0 fully saturated rings. The summed E-state index contributed by atoms with van der Waals surface area (Å²) in [7, 11) is 0. The molecule has 0 unspecified atom stereocenters. The van der Waals surface area contributed by atoms with Crippen molar-refractivity contribution in [3.05, 3.63) is 79.1 Å². The van der Waals surface area contributed by atoms with E-state index in [2.05, 4.69) is 0 Å². The second-order valence-corrected chi connectivity index (χ2v) is 5.05. The van der Waals surface area contributed by atoms with Gasteiger partial charge in [-0.15, -0.1) is 0 Å². The van der Waals surface area contributed by atoms with Crippen molar-refractivity contribution >= 4 is 17.2 Å². The molecule has 0 radical (unpaired) electrons. The van der Waals surface area contributed by atoms with Gasteiger partial charge in [0.15, 0.2) is 5.78 Å². The average Bonchev–Trinajstić information content (AvgIpc) is 2.49. The van der Waals surface area contributed by atoms with Gasteiger partial charge in [0.1, 0.15) is 0 Å². The van der Waals surface area contributed by atoms with Crippen LogP contribution >= 0.6 is 0 Å². The molecule has 2 aromatic carbocycles. The molecule has 0 bridgehead atoms. The van der Waals surface area contributed by atoms with E-state index < -0.39 is 21.4 Å². The minimum atomic E-state index is -0.791. The Bertz CT molecular complexity index is 805. The Kier molecular flexibility index (Phi) is 6.22. The maximum absolute atomic E-state index is 12.6. The molecule has 0 aliphatic carbocycles. The van der Waals surface area contributed by atoms with Crippen molar-refractivity contribution in [2.45, 2.75) is 20.8 Å². The number of nitrogens with zero attached hydrogens (tertiary/aromatic N) is 2. The first-order valence-corrected chi connectivity index (χ1v) is 6.80. The van der Waals surface area contributed by atoms with Crippen LogP contribution in [0.25, 0.3) is 0 Å². The fourth-order valence-corrected chi connectivity index (χ4v) is 1.85. The van der Waals surface area contributed by atoms with E-state index in [1.165, 1.54) is 31.2 Å². The van der Waals surface area contributed by atoms with Crippen LogP contribution in [0, 0.1) is 39.9 Å². The summed E-state index contributed by atoms with van der Waals surface area (Å²) in [4.78, 5) is 30.4. The first kappa shape index (κ1) is 18.9. The molecule has 0 aromatic heterocycles. The van der Waals surface area contributed by atoms with Crippen LogP contribution in [0.3, 0.4) is 0 Å². The van der Waals surface area contributed by atoms with E-state index >= 15 is 0 Å². The first-order chi connectivity index (χ1) is 11.1. The zero-order chi connectivity index (χ0) is 18.4. The number of nitro benzene ring substituents is 2. The van der Waals surface area contributed by atoms with Crippen LogP contribution in [0.4, 0.5) is 15.8 Å². The van der Waals surface area contributed by atoms with Gasteiger partial charge in [-0.1, -0.05) is 12.1 Å². The van der Waals surface area contributed by atoms with Gasteiger partial charge in [0.25, 0.3) is 5.69 Å². The highest BCUT2D eigenvalue weighted by atomic mass is 19.1. The zero-order valence-corrected chi connectivity index (χ0v) is 13.3. The van der Waals surface area contributed by atoms with Crippen LogP contribution in [0.1, 0.15) is 28.4 Å². The van der Waals surface area contributed by atoms with Gasteiger partial charge in [-0.2, -0.15) is 4.39 Å². The lowest BCUT2D eigenvalue weighted by atomic mass is 10.1. The van der Waals surface area contributed by atoms with E-state index in [9.17, 15) is 29.4 Å². The fraction of sp³-hybridized carbons (Fsp3) is 0.188. The standard InChI is InChI=1S/C9H9NO3.C7H6FNO2/c1-6-3-4-8(7(2)11)9(5-6)10(12)13;1-5-2-3-6(8)7(4-5)9(10)11/h3-5H,1-2H3;2-4H,1H3. The highest BCUT2D eigenvalue weighted by Crippen LogP contribution is 2.20. The van der Waals surface area contributed by atoms with Crippen LogP contribution in [-0.4, -0.2) is 15.6 Å². The minimum Gasteiger partial charge on any atom is -0.294 e.